The van der Waals surface area contributed by atoms with Crippen molar-refractivity contribution < 1.29 is 9.13 Å². The number of rotatable bonds is 4. The fourth-order valence-corrected chi connectivity index (χ4v) is 1.97. The Morgan fingerprint density at radius 1 is 1.41 bits per heavy atom. The lowest BCUT2D eigenvalue weighted by atomic mass is 10.3. The number of benzene rings is 1. The maximum Gasteiger partial charge on any atom is 0.133 e. The Morgan fingerprint density at radius 3 is 2.88 bits per heavy atom. The second-order valence-electron chi connectivity index (χ2n) is 3.62. The zero-order valence-electron chi connectivity index (χ0n) is 9.36. The largest absolute Gasteiger partial charge is 0.492 e. The van der Waals surface area contributed by atoms with Gasteiger partial charge in [-0.25, -0.2) is 4.39 Å². The topological polar surface area (TPSA) is 27.1 Å². The summed E-state index contributed by atoms with van der Waals surface area (Å²) in [6, 6.07) is 6.33. The molecule has 0 saturated heterocycles. The maximum absolute atomic E-state index is 12.8. The normalized spacial score (nSPS) is 10.5. The van der Waals surface area contributed by atoms with Crippen LogP contribution < -0.4 is 4.74 Å². The van der Waals surface area contributed by atoms with Gasteiger partial charge in [-0.1, -0.05) is 0 Å². The number of hydrogen-bond donors (Lipinski definition) is 0. The van der Waals surface area contributed by atoms with Gasteiger partial charge in [-0.3, -0.25) is 4.68 Å². The van der Waals surface area contributed by atoms with Gasteiger partial charge in [-0.15, -0.1) is 0 Å². The van der Waals surface area contributed by atoms with Gasteiger partial charge in [0.15, 0.2) is 0 Å². The van der Waals surface area contributed by atoms with Gasteiger partial charge < -0.3 is 4.74 Å². The maximum atomic E-state index is 12.8. The van der Waals surface area contributed by atoms with Crippen molar-refractivity contribution in [3.8, 4) is 5.75 Å². The molecular weight excluding hydrogens is 287 g/mol. The average Bonchev–Trinajstić information content (AvgIpc) is 2.68. The number of ether oxygens (including phenoxy) is 1. The summed E-state index contributed by atoms with van der Waals surface area (Å²) in [5.74, 6) is 0.365. The summed E-state index contributed by atoms with van der Waals surface area (Å²) in [6.07, 6.45) is 2.52. The van der Waals surface area contributed by atoms with Gasteiger partial charge in [-0.2, -0.15) is 5.10 Å². The second-order valence-corrected chi connectivity index (χ2v) is 4.47. The molecule has 17 heavy (non-hydrogen) atoms. The van der Waals surface area contributed by atoms with Crippen LogP contribution in [-0.2, 0) is 13.5 Å². The fraction of sp³-hybridized carbons (Fsp3) is 0.250. The van der Waals surface area contributed by atoms with Crippen LogP contribution in [0, 0.1) is 5.82 Å². The quantitative estimate of drug-likeness (QED) is 0.868. The Morgan fingerprint density at radius 2 is 2.24 bits per heavy atom. The first kappa shape index (κ1) is 12.1. The van der Waals surface area contributed by atoms with E-state index in [9.17, 15) is 4.39 Å². The van der Waals surface area contributed by atoms with Gasteiger partial charge in [0, 0.05) is 25.4 Å². The van der Waals surface area contributed by atoms with E-state index in [0.717, 1.165) is 12.1 Å². The minimum atomic E-state index is -0.282. The molecule has 0 spiro atoms. The van der Waals surface area contributed by atoms with Crippen molar-refractivity contribution in [2.24, 2.45) is 7.05 Å². The Bertz CT molecular complexity index is 513. The van der Waals surface area contributed by atoms with Crippen LogP contribution in [0.5, 0.6) is 5.75 Å². The first-order valence-corrected chi connectivity index (χ1v) is 6.01. The summed E-state index contributed by atoms with van der Waals surface area (Å²) in [6.45, 7) is 0.532. The van der Waals surface area contributed by atoms with Crippen molar-refractivity contribution in [3.05, 3.63) is 46.4 Å². The van der Waals surface area contributed by atoms with Crippen LogP contribution in [0.1, 0.15) is 5.69 Å². The zero-order valence-corrected chi connectivity index (χ0v) is 10.9. The molecule has 0 aliphatic carbocycles. The Hall–Kier alpha value is -1.36. The molecule has 1 heterocycles. The molecule has 3 nitrogen and oxygen atoms in total. The molecule has 2 rings (SSSR count). The van der Waals surface area contributed by atoms with Gasteiger partial charge in [0.1, 0.15) is 11.6 Å². The smallest absolute Gasteiger partial charge is 0.133 e. The number of aryl methyl sites for hydroxylation is 1. The van der Waals surface area contributed by atoms with E-state index in [1.165, 1.54) is 12.1 Å². The summed E-state index contributed by atoms with van der Waals surface area (Å²) in [5.41, 5.74) is 1.10. The zero-order chi connectivity index (χ0) is 12.3. The molecule has 0 aliphatic heterocycles. The van der Waals surface area contributed by atoms with E-state index in [4.69, 9.17) is 4.74 Å². The molecule has 2 aromatic rings. The molecule has 0 saturated carbocycles. The highest BCUT2D eigenvalue weighted by Gasteiger charge is 2.03. The lowest BCUT2D eigenvalue weighted by Gasteiger charge is -2.08. The molecule has 5 heteroatoms. The first-order valence-electron chi connectivity index (χ1n) is 5.21. The molecule has 0 radical (unpaired) electrons. The summed E-state index contributed by atoms with van der Waals surface area (Å²) in [7, 11) is 1.89. The molecule has 0 aliphatic rings. The van der Waals surface area contributed by atoms with Crippen LogP contribution in [0.4, 0.5) is 4.39 Å². The highest BCUT2D eigenvalue weighted by atomic mass is 79.9. The minimum absolute atomic E-state index is 0.282. The van der Waals surface area contributed by atoms with Crippen LogP contribution in [0.25, 0.3) is 0 Å². The molecule has 0 fully saturated rings. The van der Waals surface area contributed by atoms with Crippen LogP contribution in [0.15, 0.2) is 34.9 Å². The van der Waals surface area contributed by atoms with Crippen molar-refractivity contribution in [2.45, 2.75) is 6.42 Å². The van der Waals surface area contributed by atoms with Crippen molar-refractivity contribution in [1.82, 2.24) is 9.78 Å². The molecule has 1 aromatic carbocycles. The second kappa shape index (κ2) is 5.31. The van der Waals surface area contributed by atoms with E-state index < -0.39 is 0 Å². The highest BCUT2D eigenvalue weighted by Crippen LogP contribution is 2.25. The summed E-state index contributed by atoms with van der Waals surface area (Å²) in [5, 5.41) is 4.07. The summed E-state index contributed by atoms with van der Waals surface area (Å²) in [4.78, 5) is 0. The van der Waals surface area contributed by atoms with E-state index >= 15 is 0 Å². The van der Waals surface area contributed by atoms with E-state index in [1.807, 2.05) is 17.8 Å². The average molecular weight is 299 g/mol. The first-order chi connectivity index (χ1) is 8.16. The predicted molar refractivity (Wildman–Crippen MR) is 66.5 cm³/mol. The molecule has 0 N–H and O–H groups in total. The van der Waals surface area contributed by atoms with E-state index in [-0.39, 0.29) is 5.82 Å². The predicted octanol–water partition coefficient (Wildman–Crippen LogP) is 2.94. The van der Waals surface area contributed by atoms with Crippen LogP contribution in [0.3, 0.4) is 0 Å². The van der Waals surface area contributed by atoms with Crippen LogP contribution in [-0.4, -0.2) is 16.4 Å². The van der Waals surface area contributed by atoms with E-state index in [2.05, 4.69) is 21.0 Å². The summed E-state index contributed by atoms with van der Waals surface area (Å²) >= 11 is 3.26. The molecule has 0 amide bonds. The highest BCUT2D eigenvalue weighted by molar-refractivity contribution is 9.10. The Labute approximate surface area is 107 Å². The third-order valence-electron chi connectivity index (χ3n) is 2.43. The monoisotopic (exact) mass is 298 g/mol. The fourth-order valence-electron chi connectivity index (χ4n) is 1.50. The molecule has 0 unspecified atom stereocenters. The minimum Gasteiger partial charge on any atom is -0.492 e. The van der Waals surface area contributed by atoms with Gasteiger partial charge >= 0.3 is 0 Å². The molecule has 90 valence electrons. The van der Waals surface area contributed by atoms with E-state index in [0.29, 0.717) is 16.8 Å². The van der Waals surface area contributed by atoms with Gasteiger partial charge in [0.05, 0.1) is 11.1 Å². The van der Waals surface area contributed by atoms with Gasteiger partial charge in [0.2, 0.25) is 0 Å². The van der Waals surface area contributed by atoms with Crippen molar-refractivity contribution >= 4 is 15.9 Å². The third kappa shape index (κ3) is 3.06. The van der Waals surface area contributed by atoms with Crippen molar-refractivity contribution in [1.29, 1.82) is 0 Å². The molecule has 1 aromatic heterocycles. The molecule has 0 bridgehead atoms. The number of aromatic nitrogens is 2. The summed E-state index contributed by atoms with van der Waals surface area (Å²) < 4.78 is 20.9. The van der Waals surface area contributed by atoms with Crippen molar-refractivity contribution in [3.63, 3.8) is 0 Å². The Kier molecular flexibility index (Phi) is 3.78. The number of halogens is 2. The van der Waals surface area contributed by atoms with Gasteiger partial charge in [-0.05, 0) is 40.2 Å². The molecular formula is C12H12BrFN2O. The third-order valence-corrected chi connectivity index (χ3v) is 3.05. The van der Waals surface area contributed by atoms with Gasteiger partial charge in [0.25, 0.3) is 0 Å². The Balaban J connectivity index is 1.92. The number of nitrogens with zero attached hydrogens (tertiary/aromatic N) is 2. The van der Waals surface area contributed by atoms with E-state index in [1.54, 1.807) is 12.3 Å². The lowest BCUT2D eigenvalue weighted by molar-refractivity contribution is 0.316. The van der Waals surface area contributed by atoms with Crippen molar-refractivity contribution in [2.75, 3.05) is 6.61 Å². The lowest BCUT2D eigenvalue weighted by Crippen LogP contribution is -2.06. The van der Waals surface area contributed by atoms with Crippen LogP contribution >= 0.6 is 15.9 Å². The number of hydrogen-bond acceptors (Lipinski definition) is 2. The standard InChI is InChI=1S/C12H12BrFN2O/c1-16-10(4-6-15-16)5-7-17-12-3-2-9(14)8-11(12)13/h2-4,6,8H,5,7H2,1H3. The SMILES string of the molecule is Cn1nccc1CCOc1ccc(F)cc1Br. The molecule has 0 atom stereocenters. The van der Waals surface area contributed by atoms with Crippen LogP contribution in [0.2, 0.25) is 0 Å².